The number of hydrogen-bond acceptors (Lipinski definition) is 5. The molecule has 0 aliphatic carbocycles. The summed E-state index contributed by atoms with van der Waals surface area (Å²) in [5.74, 6) is 0.175. The van der Waals surface area contributed by atoms with Crippen LogP contribution < -0.4 is 15.4 Å². The Morgan fingerprint density at radius 3 is 2.07 bits per heavy atom. The van der Waals surface area contributed by atoms with Crippen molar-refractivity contribution in [1.82, 2.24) is 10.6 Å². The quantitative estimate of drug-likeness (QED) is 0.117. The molecule has 0 heterocycles. The van der Waals surface area contributed by atoms with E-state index in [1.54, 1.807) is 13.8 Å². The molecule has 216 valence electrons. The SMILES string of the molecule is C=C(C)C(=O)NCc1ccc(CCC(=O)Oc2ccc(-c3ccc(CC)cc3)cc2C)cc1CNC.C=C(C)C=O. The molecule has 0 aliphatic heterocycles. The molecule has 0 aromatic heterocycles. The molecule has 41 heavy (non-hydrogen) atoms. The minimum Gasteiger partial charge on any atom is -0.426 e. The van der Waals surface area contributed by atoms with Gasteiger partial charge in [0.2, 0.25) is 5.91 Å². The first-order valence-corrected chi connectivity index (χ1v) is 13.8. The minimum atomic E-state index is -0.258. The molecule has 2 N–H and O–H groups in total. The van der Waals surface area contributed by atoms with Crippen molar-refractivity contribution in [3.63, 3.8) is 0 Å². The lowest BCUT2D eigenvalue weighted by Gasteiger charge is -2.13. The molecule has 0 saturated carbocycles. The Labute approximate surface area is 244 Å². The van der Waals surface area contributed by atoms with Crippen LogP contribution in [0.5, 0.6) is 5.75 Å². The van der Waals surface area contributed by atoms with Gasteiger partial charge in [-0.25, -0.2) is 0 Å². The number of benzene rings is 3. The van der Waals surface area contributed by atoms with Gasteiger partial charge in [0, 0.05) is 25.1 Å². The van der Waals surface area contributed by atoms with Crippen molar-refractivity contribution in [2.24, 2.45) is 0 Å². The summed E-state index contributed by atoms with van der Waals surface area (Å²) in [7, 11) is 1.88. The number of nitrogens with one attached hydrogen (secondary N) is 2. The van der Waals surface area contributed by atoms with Gasteiger partial charge in [-0.1, -0.05) is 68.6 Å². The van der Waals surface area contributed by atoms with Gasteiger partial charge in [-0.05, 0) is 97.3 Å². The fourth-order valence-corrected chi connectivity index (χ4v) is 3.99. The van der Waals surface area contributed by atoms with E-state index in [1.807, 2.05) is 38.2 Å². The topological polar surface area (TPSA) is 84.5 Å². The summed E-state index contributed by atoms with van der Waals surface area (Å²) in [6.07, 6.45) is 2.60. The predicted octanol–water partition coefficient (Wildman–Crippen LogP) is 6.44. The van der Waals surface area contributed by atoms with Gasteiger partial charge in [0.05, 0.1) is 0 Å². The van der Waals surface area contributed by atoms with Crippen molar-refractivity contribution in [2.45, 2.75) is 60.0 Å². The third kappa shape index (κ3) is 11.0. The van der Waals surface area contributed by atoms with Crippen LogP contribution in [0.25, 0.3) is 11.1 Å². The maximum Gasteiger partial charge on any atom is 0.311 e. The summed E-state index contributed by atoms with van der Waals surface area (Å²) in [5.41, 5.74) is 8.71. The van der Waals surface area contributed by atoms with E-state index in [2.05, 4.69) is 67.1 Å². The second kappa shape index (κ2) is 16.7. The van der Waals surface area contributed by atoms with E-state index in [0.29, 0.717) is 36.4 Å². The molecular weight excluding hydrogens is 512 g/mol. The Morgan fingerprint density at radius 1 is 0.878 bits per heavy atom. The zero-order valence-corrected chi connectivity index (χ0v) is 24.9. The number of ether oxygens (including phenoxy) is 1. The van der Waals surface area contributed by atoms with Crippen molar-refractivity contribution >= 4 is 18.2 Å². The average Bonchev–Trinajstić information content (AvgIpc) is 2.96. The Bertz CT molecular complexity index is 1370. The minimum absolute atomic E-state index is 0.157. The maximum absolute atomic E-state index is 12.6. The fraction of sp³-hybridized carbons (Fsp3) is 0.286. The van der Waals surface area contributed by atoms with Gasteiger partial charge < -0.3 is 15.4 Å². The Hall–Kier alpha value is -4.29. The van der Waals surface area contributed by atoms with E-state index in [1.165, 1.54) is 5.56 Å². The summed E-state index contributed by atoms with van der Waals surface area (Å²) in [4.78, 5) is 33.8. The largest absolute Gasteiger partial charge is 0.426 e. The molecule has 0 bridgehead atoms. The summed E-state index contributed by atoms with van der Waals surface area (Å²) in [6, 6.07) is 20.5. The Kier molecular flexibility index (Phi) is 13.4. The summed E-state index contributed by atoms with van der Waals surface area (Å²) < 4.78 is 5.68. The van der Waals surface area contributed by atoms with Crippen LogP contribution in [0, 0.1) is 6.92 Å². The van der Waals surface area contributed by atoms with Gasteiger partial charge in [-0.2, -0.15) is 0 Å². The highest BCUT2D eigenvalue weighted by molar-refractivity contribution is 5.92. The van der Waals surface area contributed by atoms with Gasteiger partial charge in [0.1, 0.15) is 12.0 Å². The van der Waals surface area contributed by atoms with Gasteiger partial charge in [-0.15, -0.1) is 0 Å². The van der Waals surface area contributed by atoms with Gasteiger partial charge in [0.15, 0.2) is 0 Å². The van der Waals surface area contributed by atoms with Crippen molar-refractivity contribution in [3.8, 4) is 16.9 Å². The highest BCUT2D eigenvalue weighted by Gasteiger charge is 2.11. The Balaban J connectivity index is 0.00000108. The molecule has 0 radical (unpaired) electrons. The number of allylic oxidation sites excluding steroid dienone is 1. The van der Waals surface area contributed by atoms with Crippen LogP contribution in [0.2, 0.25) is 0 Å². The van der Waals surface area contributed by atoms with E-state index in [-0.39, 0.29) is 18.3 Å². The number of aryl methyl sites for hydroxylation is 3. The van der Waals surface area contributed by atoms with Crippen LogP contribution >= 0.6 is 0 Å². The first-order chi connectivity index (χ1) is 19.6. The van der Waals surface area contributed by atoms with Crippen LogP contribution in [0.15, 0.2) is 85.0 Å². The van der Waals surface area contributed by atoms with Gasteiger partial charge >= 0.3 is 5.97 Å². The third-order valence-corrected chi connectivity index (χ3v) is 6.38. The number of aldehydes is 1. The maximum atomic E-state index is 12.6. The van der Waals surface area contributed by atoms with E-state index >= 15 is 0 Å². The number of esters is 1. The van der Waals surface area contributed by atoms with Crippen LogP contribution in [0.3, 0.4) is 0 Å². The molecule has 0 fully saturated rings. The van der Waals surface area contributed by atoms with Crippen LogP contribution in [0.4, 0.5) is 0 Å². The van der Waals surface area contributed by atoms with Crippen LogP contribution in [-0.2, 0) is 40.3 Å². The van der Waals surface area contributed by atoms with E-state index in [0.717, 1.165) is 46.1 Å². The second-order valence-electron chi connectivity index (χ2n) is 10.1. The van der Waals surface area contributed by atoms with Crippen molar-refractivity contribution in [1.29, 1.82) is 0 Å². The van der Waals surface area contributed by atoms with Gasteiger partial charge in [-0.3, -0.25) is 14.4 Å². The first kappa shape index (κ1) is 32.9. The lowest BCUT2D eigenvalue weighted by molar-refractivity contribution is -0.134. The number of carbonyl (C=O) groups excluding carboxylic acids is 3. The van der Waals surface area contributed by atoms with Crippen molar-refractivity contribution in [2.75, 3.05) is 7.05 Å². The van der Waals surface area contributed by atoms with E-state index in [4.69, 9.17) is 4.74 Å². The molecule has 0 aliphatic rings. The average molecular weight is 555 g/mol. The molecular formula is C35H42N2O4. The van der Waals surface area contributed by atoms with Crippen LogP contribution in [-0.4, -0.2) is 25.2 Å². The number of hydrogen-bond donors (Lipinski definition) is 2. The normalized spacial score (nSPS) is 10.2. The fourth-order valence-electron chi connectivity index (χ4n) is 3.99. The lowest BCUT2D eigenvalue weighted by atomic mass is 10.0. The monoisotopic (exact) mass is 554 g/mol. The molecule has 3 rings (SSSR count). The summed E-state index contributed by atoms with van der Waals surface area (Å²) in [5, 5.41) is 6.04. The summed E-state index contributed by atoms with van der Waals surface area (Å²) in [6.45, 7) is 15.5. The first-order valence-electron chi connectivity index (χ1n) is 13.8. The van der Waals surface area contributed by atoms with E-state index in [9.17, 15) is 14.4 Å². The molecule has 0 unspecified atom stereocenters. The number of carbonyl (C=O) groups is 3. The summed E-state index contributed by atoms with van der Waals surface area (Å²) >= 11 is 0. The second-order valence-corrected chi connectivity index (χ2v) is 10.1. The third-order valence-electron chi connectivity index (χ3n) is 6.38. The molecule has 6 heteroatoms. The van der Waals surface area contributed by atoms with Crippen LogP contribution in [0.1, 0.15) is 55.0 Å². The van der Waals surface area contributed by atoms with Gasteiger partial charge in [0.25, 0.3) is 0 Å². The molecule has 1 amide bonds. The molecule has 0 saturated heterocycles. The van der Waals surface area contributed by atoms with Crippen molar-refractivity contribution in [3.05, 3.63) is 113 Å². The number of rotatable bonds is 12. The number of amides is 1. The highest BCUT2D eigenvalue weighted by Crippen LogP contribution is 2.27. The molecule has 3 aromatic rings. The zero-order chi connectivity index (χ0) is 30.4. The molecule has 6 nitrogen and oxygen atoms in total. The zero-order valence-electron chi connectivity index (χ0n) is 24.9. The lowest BCUT2D eigenvalue weighted by Crippen LogP contribution is -2.24. The smallest absolute Gasteiger partial charge is 0.311 e. The molecule has 0 spiro atoms. The Morgan fingerprint density at radius 2 is 1.51 bits per heavy atom. The highest BCUT2D eigenvalue weighted by atomic mass is 16.5. The standard InChI is InChI=1S/C31H36N2O3.C4H6O/c1-6-23-7-11-25(12-8-23)26-14-15-29(22(4)17-26)36-30(34)16-10-24-9-13-27(28(18-24)19-32-5)20-33-31(35)21(2)3;1-4(2)3-5/h7-9,11-15,17-18,32H,2,6,10,16,19-20H2,1,3-5H3,(H,33,35);3H,1H2,2H3. The molecule has 3 aromatic carbocycles. The van der Waals surface area contributed by atoms with Crippen molar-refractivity contribution < 1.29 is 19.1 Å². The molecule has 0 atom stereocenters. The van der Waals surface area contributed by atoms with E-state index < -0.39 is 0 Å². The predicted molar refractivity (Wildman–Crippen MR) is 167 cm³/mol.